The highest BCUT2D eigenvalue weighted by atomic mass is 32.2. The lowest BCUT2D eigenvalue weighted by molar-refractivity contribution is 0.381. The average molecular weight is 300 g/mol. The van der Waals surface area contributed by atoms with E-state index in [-0.39, 0.29) is 0 Å². The van der Waals surface area contributed by atoms with Crippen LogP contribution in [0.1, 0.15) is 51.4 Å². The Hall–Kier alpha value is -0.130. The molecule has 3 aliphatic rings. The molecule has 116 valence electrons. The second kappa shape index (κ2) is 6.32. The highest BCUT2D eigenvalue weighted by Gasteiger charge is 2.34. The molecule has 0 aliphatic heterocycles. The van der Waals surface area contributed by atoms with E-state index in [9.17, 15) is 8.42 Å². The lowest BCUT2D eigenvalue weighted by Crippen LogP contribution is -2.36. The molecule has 0 heterocycles. The van der Waals surface area contributed by atoms with Crippen LogP contribution < -0.4 is 5.32 Å². The van der Waals surface area contributed by atoms with E-state index >= 15 is 0 Å². The van der Waals surface area contributed by atoms with Crippen LogP contribution in [0.5, 0.6) is 0 Å². The lowest BCUT2D eigenvalue weighted by atomic mass is 10.3. The summed E-state index contributed by atoms with van der Waals surface area (Å²) >= 11 is 0. The van der Waals surface area contributed by atoms with E-state index in [0.29, 0.717) is 17.6 Å². The van der Waals surface area contributed by atoms with Gasteiger partial charge in [-0.25, -0.2) is 12.7 Å². The molecule has 4 nitrogen and oxygen atoms in total. The number of nitrogens with zero attached hydrogens (tertiary/aromatic N) is 1. The Labute approximate surface area is 123 Å². The van der Waals surface area contributed by atoms with Crippen molar-refractivity contribution in [3.63, 3.8) is 0 Å². The Kier molecular flexibility index (Phi) is 4.68. The van der Waals surface area contributed by atoms with Crippen molar-refractivity contribution in [1.82, 2.24) is 9.62 Å². The average Bonchev–Trinajstić information content (AvgIpc) is 3.25. The van der Waals surface area contributed by atoms with Crippen molar-refractivity contribution in [3.05, 3.63) is 0 Å². The first kappa shape index (κ1) is 14.8. The Morgan fingerprint density at radius 2 is 1.50 bits per heavy atom. The molecular weight excluding hydrogens is 272 g/mol. The van der Waals surface area contributed by atoms with Crippen LogP contribution >= 0.6 is 0 Å². The number of rotatable bonds is 11. The van der Waals surface area contributed by atoms with Gasteiger partial charge >= 0.3 is 0 Å². The van der Waals surface area contributed by atoms with E-state index in [1.54, 1.807) is 0 Å². The van der Waals surface area contributed by atoms with Crippen molar-refractivity contribution >= 4 is 10.0 Å². The number of nitrogens with one attached hydrogen (secondary N) is 1. The number of unbranched alkanes of at least 4 members (excludes halogenated alkanes) is 1. The van der Waals surface area contributed by atoms with E-state index in [2.05, 4.69) is 5.32 Å². The third kappa shape index (κ3) is 5.01. The summed E-state index contributed by atoms with van der Waals surface area (Å²) < 4.78 is 26.8. The van der Waals surface area contributed by atoms with Crippen LogP contribution in [0.15, 0.2) is 0 Å². The van der Waals surface area contributed by atoms with E-state index in [0.717, 1.165) is 38.5 Å². The van der Waals surface area contributed by atoms with E-state index in [4.69, 9.17) is 0 Å². The van der Waals surface area contributed by atoms with Gasteiger partial charge in [0.25, 0.3) is 0 Å². The molecular formula is C15H28N2O2S. The molecule has 0 unspecified atom stereocenters. The minimum absolute atomic E-state index is 0.346. The van der Waals surface area contributed by atoms with Crippen molar-refractivity contribution in [2.24, 2.45) is 11.8 Å². The first-order chi connectivity index (χ1) is 9.63. The Morgan fingerprint density at radius 1 is 0.900 bits per heavy atom. The second-order valence-corrected chi connectivity index (χ2v) is 9.04. The van der Waals surface area contributed by atoms with Crippen molar-refractivity contribution in [3.8, 4) is 0 Å². The van der Waals surface area contributed by atoms with E-state index in [1.165, 1.54) is 38.5 Å². The zero-order valence-electron chi connectivity index (χ0n) is 12.4. The summed E-state index contributed by atoms with van der Waals surface area (Å²) in [7, 11) is -3.01. The summed E-state index contributed by atoms with van der Waals surface area (Å²) in [6, 6.07) is 0.729. The molecule has 0 aromatic rings. The molecule has 0 amide bonds. The van der Waals surface area contributed by atoms with Gasteiger partial charge in [-0.05, 0) is 69.7 Å². The predicted molar refractivity (Wildman–Crippen MR) is 81.1 cm³/mol. The summed E-state index contributed by atoms with van der Waals surface area (Å²) in [5, 5.41) is 3.45. The van der Waals surface area contributed by atoms with Gasteiger partial charge in [-0.3, -0.25) is 0 Å². The third-order valence-electron chi connectivity index (χ3n) is 4.55. The van der Waals surface area contributed by atoms with Gasteiger partial charge in [0.1, 0.15) is 0 Å². The molecule has 5 heteroatoms. The van der Waals surface area contributed by atoms with Gasteiger partial charge < -0.3 is 5.32 Å². The first-order valence-corrected chi connectivity index (χ1v) is 9.95. The zero-order valence-corrected chi connectivity index (χ0v) is 13.2. The summed E-state index contributed by atoms with van der Waals surface area (Å²) in [5.41, 5.74) is 0. The maximum atomic E-state index is 12.5. The highest BCUT2D eigenvalue weighted by Crippen LogP contribution is 2.34. The monoisotopic (exact) mass is 300 g/mol. The summed E-state index contributed by atoms with van der Waals surface area (Å²) in [4.78, 5) is 0. The van der Waals surface area contributed by atoms with Crippen molar-refractivity contribution in [2.75, 3.05) is 25.4 Å². The minimum atomic E-state index is -3.01. The van der Waals surface area contributed by atoms with E-state index in [1.807, 2.05) is 4.31 Å². The second-order valence-electron chi connectivity index (χ2n) is 6.96. The molecule has 3 fully saturated rings. The SMILES string of the molecule is O=S(=O)(CCCCNC1CC1)N(CC1CC1)CC1CC1. The third-order valence-corrected chi connectivity index (χ3v) is 6.44. The van der Waals surface area contributed by atoms with Gasteiger partial charge in [0.2, 0.25) is 10.0 Å². The fraction of sp³-hybridized carbons (Fsp3) is 1.00. The smallest absolute Gasteiger partial charge is 0.214 e. The number of hydrogen-bond acceptors (Lipinski definition) is 3. The predicted octanol–water partition coefficient (Wildman–Crippen LogP) is 1.97. The molecule has 0 atom stereocenters. The van der Waals surface area contributed by atoms with Crippen LogP contribution in [0.25, 0.3) is 0 Å². The fourth-order valence-corrected chi connectivity index (χ4v) is 4.31. The molecule has 0 bridgehead atoms. The van der Waals surface area contributed by atoms with Crippen LogP contribution in [0.4, 0.5) is 0 Å². The lowest BCUT2D eigenvalue weighted by Gasteiger charge is -2.22. The zero-order chi connectivity index (χ0) is 14.0. The maximum Gasteiger partial charge on any atom is 0.214 e. The van der Waals surface area contributed by atoms with Gasteiger partial charge in [0.15, 0.2) is 0 Å². The van der Waals surface area contributed by atoms with Crippen molar-refractivity contribution < 1.29 is 8.42 Å². The van der Waals surface area contributed by atoms with Crippen LogP contribution in [0.3, 0.4) is 0 Å². The number of hydrogen-bond donors (Lipinski definition) is 1. The molecule has 0 spiro atoms. The van der Waals surface area contributed by atoms with Gasteiger partial charge in [-0.1, -0.05) is 0 Å². The Morgan fingerprint density at radius 3 is 2.00 bits per heavy atom. The van der Waals surface area contributed by atoms with Crippen LogP contribution in [-0.4, -0.2) is 44.2 Å². The fourth-order valence-electron chi connectivity index (χ4n) is 2.61. The van der Waals surface area contributed by atoms with E-state index < -0.39 is 10.0 Å². The molecule has 3 rings (SSSR count). The van der Waals surface area contributed by atoms with Crippen LogP contribution in [0, 0.1) is 11.8 Å². The minimum Gasteiger partial charge on any atom is -0.314 e. The molecule has 0 radical (unpaired) electrons. The quantitative estimate of drug-likeness (QED) is 0.594. The van der Waals surface area contributed by atoms with Gasteiger partial charge in [0.05, 0.1) is 5.75 Å². The maximum absolute atomic E-state index is 12.5. The van der Waals surface area contributed by atoms with Crippen molar-refractivity contribution in [2.45, 2.75) is 57.4 Å². The summed E-state index contributed by atoms with van der Waals surface area (Å²) in [5.74, 6) is 1.65. The molecule has 20 heavy (non-hydrogen) atoms. The molecule has 0 aromatic carbocycles. The molecule has 0 aromatic heterocycles. The molecule has 3 aliphatic carbocycles. The standard InChI is InChI=1S/C15H28N2O2S/c18-20(19,10-2-1-9-16-15-7-8-15)17(11-13-3-4-13)12-14-5-6-14/h13-16H,1-12H2. The van der Waals surface area contributed by atoms with Gasteiger partial charge in [-0.2, -0.15) is 0 Å². The van der Waals surface area contributed by atoms with Crippen LogP contribution in [-0.2, 0) is 10.0 Å². The summed E-state index contributed by atoms with van der Waals surface area (Å²) in [6.45, 7) is 2.56. The molecule has 3 saturated carbocycles. The topological polar surface area (TPSA) is 49.4 Å². The molecule has 1 N–H and O–H groups in total. The normalized spacial score (nSPS) is 23.4. The largest absolute Gasteiger partial charge is 0.314 e. The van der Waals surface area contributed by atoms with Crippen molar-refractivity contribution in [1.29, 1.82) is 0 Å². The highest BCUT2D eigenvalue weighted by molar-refractivity contribution is 7.89. The summed E-state index contributed by atoms with van der Waals surface area (Å²) in [6.07, 6.45) is 9.28. The molecule has 0 saturated heterocycles. The van der Waals surface area contributed by atoms with Gasteiger partial charge in [0, 0.05) is 19.1 Å². The first-order valence-electron chi connectivity index (χ1n) is 8.35. The van der Waals surface area contributed by atoms with Gasteiger partial charge in [-0.15, -0.1) is 0 Å². The Bertz CT molecular complexity index is 398. The number of sulfonamides is 1. The Balaban J connectivity index is 1.39. The van der Waals surface area contributed by atoms with Crippen LogP contribution in [0.2, 0.25) is 0 Å².